The van der Waals surface area contributed by atoms with E-state index in [1.807, 2.05) is 74.5 Å². The molecule has 11 heteroatoms. The van der Waals surface area contributed by atoms with Crippen LogP contribution in [0.25, 0.3) is 10.9 Å². The lowest BCUT2D eigenvalue weighted by atomic mass is 10.1. The first-order valence-electron chi connectivity index (χ1n) is 15.3. The lowest BCUT2D eigenvalue weighted by Gasteiger charge is -2.32. The van der Waals surface area contributed by atoms with Gasteiger partial charge in [0.1, 0.15) is 5.60 Å². The number of aromatic nitrogens is 2. The third kappa shape index (κ3) is 7.68. The minimum absolute atomic E-state index is 0.0145. The van der Waals surface area contributed by atoms with Crippen molar-refractivity contribution in [3.8, 4) is 0 Å². The first kappa shape index (κ1) is 32.8. The highest BCUT2D eigenvalue weighted by Crippen LogP contribution is 2.29. The standard InChI is InChI=1S/C33H47N7O4/c1-9-27-26-17-23(3)28(18-29(26)36(7)35-27)39(21-30(41)34-15-16-38(10-2)32(43)44-33(4,5)6)22-31(42)37(8)40-19-24-13-11-12-14-25(24)20-40/h11-14,17-18H,9-10,15-16,19-22H2,1-8H3,(H,34,41). The third-order valence-corrected chi connectivity index (χ3v) is 7.93. The summed E-state index contributed by atoms with van der Waals surface area (Å²) < 4.78 is 7.33. The Bertz CT molecular complexity index is 1480. The number of aryl methyl sites for hydroxylation is 3. The number of hydrazine groups is 1. The van der Waals surface area contributed by atoms with E-state index in [9.17, 15) is 14.4 Å². The molecule has 1 aliphatic rings. The molecule has 0 radical (unpaired) electrons. The molecule has 11 nitrogen and oxygen atoms in total. The summed E-state index contributed by atoms with van der Waals surface area (Å²) in [5.74, 6) is -0.362. The Kier molecular flexibility index (Phi) is 10.2. The van der Waals surface area contributed by atoms with Crippen molar-refractivity contribution in [3.63, 3.8) is 0 Å². The Hall–Kier alpha value is -4.12. The molecule has 2 aromatic carbocycles. The van der Waals surface area contributed by atoms with E-state index in [4.69, 9.17) is 4.74 Å². The van der Waals surface area contributed by atoms with Crippen LogP contribution in [0.4, 0.5) is 10.5 Å². The number of amides is 3. The number of hydrogen-bond donors (Lipinski definition) is 1. The zero-order chi connectivity index (χ0) is 32.2. The monoisotopic (exact) mass is 605 g/mol. The summed E-state index contributed by atoms with van der Waals surface area (Å²) >= 11 is 0. The predicted molar refractivity (Wildman–Crippen MR) is 172 cm³/mol. The Balaban J connectivity index is 1.51. The van der Waals surface area contributed by atoms with Crippen LogP contribution < -0.4 is 10.2 Å². The number of carbonyl (C=O) groups is 3. The average molecular weight is 606 g/mol. The molecular formula is C33H47N7O4. The summed E-state index contributed by atoms with van der Waals surface area (Å²) in [6.45, 7) is 13.8. The van der Waals surface area contributed by atoms with Crippen LogP contribution >= 0.6 is 0 Å². The SMILES string of the molecule is CCc1nn(C)c2cc(N(CC(=O)NCCN(CC)C(=O)OC(C)(C)C)CC(=O)N(C)N3Cc4ccccc4C3)c(C)cc12. The summed E-state index contributed by atoms with van der Waals surface area (Å²) in [4.78, 5) is 42.9. The molecule has 1 N–H and O–H groups in total. The Labute approximate surface area is 260 Å². The van der Waals surface area contributed by atoms with Crippen LogP contribution in [0.2, 0.25) is 0 Å². The molecule has 2 heterocycles. The number of nitrogens with one attached hydrogen (secondary N) is 1. The van der Waals surface area contributed by atoms with E-state index in [0.717, 1.165) is 34.3 Å². The van der Waals surface area contributed by atoms with Gasteiger partial charge in [0.05, 0.1) is 24.3 Å². The van der Waals surface area contributed by atoms with Gasteiger partial charge in [0.2, 0.25) is 5.91 Å². The molecule has 44 heavy (non-hydrogen) atoms. The first-order chi connectivity index (χ1) is 20.8. The van der Waals surface area contributed by atoms with Gasteiger partial charge in [-0.15, -0.1) is 0 Å². The zero-order valence-electron chi connectivity index (χ0n) is 27.4. The van der Waals surface area contributed by atoms with Gasteiger partial charge in [0, 0.05) is 57.9 Å². The van der Waals surface area contributed by atoms with Gasteiger partial charge in [-0.1, -0.05) is 31.2 Å². The van der Waals surface area contributed by atoms with E-state index >= 15 is 0 Å². The van der Waals surface area contributed by atoms with Gasteiger partial charge >= 0.3 is 6.09 Å². The van der Waals surface area contributed by atoms with Crippen LogP contribution in [-0.2, 0) is 40.9 Å². The van der Waals surface area contributed by atoms with Crippen molar-refractivity contribution in [1.82, 2.24) is 30.0 Å². The van der Waals surface area contributed by atoms with Crippen molar-refractivity contribution in [1.29, 1.82) is 0 Å². The minimum atomic E-state index is -0.601. The van der Waals surface area contributed by atoms with Crippen LogP contribution in [0.1, 0.15) is 57.0 Å². The molecular weight excluding hydrogens is 558 g/mol. The van der Waals surface area contributed by atoms with E-state index in [1.165, 1.54) is 11.1 Å². The van der Waals surface area contributed by atoms with Gasteiger partial charge in [-0.25, -0.2) is 9.80 Å². The molecule has 1 aromatic heterocycles. The Morgan fingerprint density at radius 3 is 2.30 bits per heavy atom. The van der Waals surface area contributed by atoms with Gasteiger partial charge < -0.3 is 19.9 Å². The summed E-state index contributed by atoms with van der Waals surface area (Å²) in [6, 6.07) is 12.3. The van der Waals surface area contributed by atoms with Gasteiger partial charge in [-0.2, -0.15) is 5.10 Å². The Morgan fingerprint density at radius 2 is 1.70 bits per heavy atom. The zero-order valence-corrected chi connectivity index (χ0v) is 27.4. The molecule has 0 bridgehead atoms. The van der Waals surface area contributed by atoms with Crippen LogP contribution in [0.5, 0.6) is 0 Å². The van der Waals surface area contributed by atoms with E-state index in [-0.39, 0.29) is 31.4 Å². The lowest BCUT2D eigenvalue weighted by molar-refractivity contribution is -0.145. The van der Waals surface area contributed by atoms with Gasteiger partial charge in [-0.3, -0.25) is 19.3 Å². The third-order valence-electron chi connectivity index (χ3n) is 7.93. The molecule has 0 saturated carbocycles. The lowest BCUT2D eigenvalue weighted by Crippen LogP contribution is -2.48. The minimum Gasteiger partial charge on any atom is -0.444 e. The fourth-order valence-electron chi connectivity index (χ4n) is 5.52. The predicted octanol–water partition coefficient (Wildman–Crippen LogP) is 4.01. The number of nitrogens with zero attached hydrogens (tertiary/aromatic N) is 6. The van der Waals surface area contributed by atoms with Crippen molar-refractivity contribution in [2.75, 3.05) is 44.7 Å². The van der Waals surface area contributed by atoms with E-state index in [2.05, 4.69) is 35.5 Å². The second-order valence-corrected chi connectivity index (χ2v) is 12.4. The second kappa shape index (κ2) is 13.7. The highest BCUT2D eigenvalue weighted by molar-refractivity contribution is 5.91. The molecule has 238 valence electrons. The van der Waals surface area contributed by atoms with Crippen molar-refractivity contribution >= 4 is 34.5 Å². The van der Waals surface area contributed by atoms with Crippen molar-refractivity contribution in [2.45, 2.75) is 66.7 Å². The van der Waals surface area contributed by atoms with E-state index in [1.54, 1.807) is 17.0 Å². The van der Waals surface area contributed by atoms with Crippen LogP contribution in [0.15, 0.2) is 36.4 Å². The normalized spacial score (nSPS) is 13.1. The van der Waals surface area contributed by atoms with Gasteiger partial charge in [-0.05, 0) is 69.9 Å². The summed E-state index contributed by atoms with van der Waals surface area (Å²) in [5.41, 5.74) is 5.53. The molecule has 1 aliphatic heterocycles. The number of benzene rings is 2. The van der Waals surface area contributed by atoms with E-state index in [0.29, 0.717) is 26.2 Å². The molecule has 0 fully saturated rings. The summed E-state index contributed by atoms with van der Waals surface area (Å²) in [5, 5.41) is 12.4. The molecule has 0 unspecified atom stereocenters. The first-order valence-corrected chi connectivity index (χ1v) is 15.3. The highest BCUT2D eigenvalue weighted by atomic mass is 16.6. The maximum Gasteiger partial charge on any atom is 0.410 e. The molecule has 0 atom stereocenters. The fraction of sp³-hybridized carbons (Fsp3) is 0.515. The largest absolute Gasteiger partial charge is 0.444 e. The number of carbonyl (C=O) groups excluding carboxylic acids is 3. The molecule has 3 amide bonds. The average Bonchev–Trinajstić information content (AvgIpc) is 3.53. The number of likely N-dealkylation sites (N-methyl/N-ethyl adjacent to an activating group) is 2. The fourth-order valence-corrected chi connectivity index (χ4v) is 5.52. The Morgan fingerprint density at radius 1 is 1.05 bits per heavy atom. The quantitative estimate of drug-likeness (QED) is 0.352. The van der Waals surface area contributed by atoms with Gasteiger partial charge in [0.25, 0.3) is 5.91 Å². The van der Waals surface area contributed by atoms with Crippen LogP contribution in [0.3, 0.4) is 0 Å². The number of fused-ring (bicyclic) bond motifs is 2. The maximum atomic E-state index is 13.7. The molecule has 0 saturated heterocycles. The summed E-state index contributed by atoms with van der Waals surface area (Å²) in [6.07, 6.45) is 0.391. The van der Waals surface area contributed by atoms with E-state index < -0.39 is 11.7 Å². The number of rotatable bonds is 11. The van der Waals surface area contributed by atoms with Crippen molar-refractivity contribution in [3.05, 3.63) is 58.8 Å². The second-order valence-electron chi connectivity index (χ2n) is 12.4. The maximum absolute atomic E-state index is 13.7. The molecule has 3 aromatic rings. The van der Waals surface area contributed by atoms with Crippen LogP contribution in [-0.4, -0.2) is 88.0 Å². The number of hydrogen-bond acceptors (Lipinski definition) is 7. The summed E-state index contributed by atoms with van der Waals surface area (Å²) in [7, 11) is 3.69. The molecule has 4 rings (SSSR count). The van der Waals surface area contributed by atoms with Gasteiger partial charge in [0.15, 0.2) is 0 Å². The molecule has 0 aliphatic carbocycles. The van der Waals surface area contributed by atoms with Crippen molar-refractivity contribution in [2.24, 2.45) is 7.05 Å². The number of ether oxygens (including phenoxy) is 1. The highest BCUT2D eigenvalue weighted by Gasteiger charge is 2.28. The topological polar surface area (TPSA) is 103 Å². The number of anilines is 1. The van der Waals surface area contributed by atoms with Crippen molar-refractivity contribution < 1.29 is 19.1 Å². The molecule has 0 spiro atoms. The smallest absolute Gasteiger partial charge is 0.410 e. The van der Waals surface area contributed by atoms with Crippen LogP contribution in [0, 0.1) is 6.92 Å².